The standard InChI is InChI=1S/2C25H28O3.C24H26O3.2C23H24O2.4CH4O/c1-13-11-22(26)15(3)9-20(13)24(19-7-17(5)25(28)18(6)8-19)21-10-16(4)23(27)12-14(21)2;1-13-7-19(8-14(2)23(13)26)22(20-9-15(3)24(27)16(4)10-20)21-11-17(5)25(28)18(6)12-21;1-13-6-7-20(21(25)8-13)22(18-9-14(2)23(26)15(3)10-18)19-11-16(4)24(27)17(5)12-19;1-14-12-21(24)16(3)10-19(14)23(18-8-6-5-7-9-18)20-11-17(4)22(25)13-15(20)2;1-14-10-19(11-15(2)22(14)24)21(18-8-6-5-7-9-18)20-12-16(3)23(25)17(4)13-20;4*1-2/h7-12,24,26-28H,1-6H3;7-12,22,26-28H,1-6H3;6-12,22,25-27H,1-5H3;5-13,23-25H,1-4H3;5-13,21,24-25H,1-4H3;4*2H,1H3. The topological polar surface area (TPSA) is 344 Å². The van der Waals surface area contributed by atoms with Crippen molar-refractivity contribution < 1.29 is 86.8 Å². The van der Waals surface area contributed by atoms with Gasteiger partial charge in [0.1, 0.15) is 74.7 Å². The summed E-state index contributed by atoms with van der Waals surface area (Å²) < 4.78 is 0. The summed E-state index contributed by atoms with van der Waals surface area (Å²) in [6.45, 7) is 48.2. The van der Waals surface area contributed by atoms with Crippen LogP contribution in [0.1, 0.15) is 252 Å². The maximum Gasteiger partial charge on any atom is 0.121 e. The molecular formula is C124H146O17. The van der Waals surface area contributed by atoms with Crippen LogP contribution in [0.5, 0.6) is 74.7 Å². The van der Waals surface area contributed by atoms with Crippen LogP contribution in [0.15, 0.2) is 224 Å². The van der Waals surface area contributed by atoms with Crippen molar-refractivity contribution in [2.24, 2.45) is 0 Å². The summed E-state index contributed by atoms with van der Waals surface area (Å²) in [6.07, 6.45) is 0. The van der Waals surface area contributed by atoms with Crippen molar-refractivity contribution in [1.82, 2.24) is 0 Å². The Kier molecular flexibility index (Phi) is 40.6. The fourth-order valence-electron chi connectivity index (χ4n) is 18.7. The molecule has 0 atom stereocenters. The lowest BCUT2D eigenvalue weighted by molar-refractivity contribution is 0.399. The molecule has 0 aliphatic rings. The summed E-state index contributed by atoms with van der Waals surface area (Å²) in [5.74, 6) is 3.80. The number of aliphatic hydroxyl groups excluding tert-OH is 4. The molecule has 0 saturated heterocycles. The third kappa shape index (κ3) is 27.0. The van der Waals surface area contributed by atoms with Crippen LogP contribution in [0.25, 0.3) is 0 Å². The van der Waals surface area contributed by atoms with Crippen LogP contribution < -0.4 is 0 Å². The molecule has 0 amide bonds. The SMILES string of the molecule is CO.CO.CO.CO.Cc1cc(C(c2cc(C)c(O)c(C)c2)c2cc(C)c(O)c(C)c2)cc(C)c1O.Cc1cc(C(c2cc(C)c(O)c(C)c2)c2cc(C)c(O)cc2C)c(C)cc1O.Cc1cc(C(c2ccccc2)c2cc(C)c(O)c(C)c2)cc(C)c1O.Cc1cc(C(c2ccccc2)c2cc(C)c(O)cc2C)c(C)cc1O.Cc1ccc(C(c2cc(C)c(O)c(C)c2)c2cc(C)c(O)c(C)c2)c(O)c1. The first-order valence-corrected chi connectivity index (χ1v) is 46.9. The molecule has 0 saturated carbocycles. The van der Waals surface area contributed by atoms with Crippen LogP contribution in [-0.2, 0) is 0 Å². The predicted molar refractivity (Wildman–Crippen MR) is 574 cm³/mol. The van der Waals surface area contributed by atoms with E-state index in [4.69, 9.17) is 20.4 Å². The lowest BCUT2D eigenvalue weighted by Gasteiger charge is -2.25. The average molecular weight is 1910 g/mol. The molecule has 17 nitrogen and oxygen atoms in total. The second kappa shape index (κ2) is 50.4. The first-order valence-electron chi connectivity index (χ1n) is 46.9. The van der Waals surface area contributed by atoms with Gasteiger partial charge in [-0.05, 0) is 420 Å². The molecule has 0 unspecified atom stereocenters. The van der Waals surface area contributed by atoms with Gasteiger partial charge in [0.15, 0.2) is 0 Å². The van der Waals surface area contributed by atoms with E-state index in [0.717, 1.165) is 229 Å². The van der Waals surface area contributed by atoms with Crippen molar-refractivity contribution in [2.75, 3.05) is 28.4 Å². The Labute approximate surface area is 834 Å². The Morgan fingerprint density at radius 1 is 0.128 bits per heavy atom. The minimum atomic E-state index is -0.207. The highest BCUT2D eigenvalue weighted by molar-refractivity contribution is 5.63. The number of hydrogen-bond donors (Lipinski definition) is 17. The molecule has 0 bridgehead atoms. The Balaban J connectivity index is 0.000000235. The zero-order chi connectivity index (χ0) is 106. The molecule has 0 fully saturated rings. The van der Waals surface area contributed by atoms with E-state index in [0.29, 0.717) is 57.5 Å². The van der Waals surface area contributed by atoms with Gasteiger partial charge in [-0.3, -0.25) is 0 Å². The monoisotopic (exact) mass is 1910 g/mol. The normalized spacial score (nSPS) is 10.7. The van der Waals surface area contributed by atoms with Crippen LogP contribution >= 0.6 is 0 Å². The van der Waals surface area contributed by atoms with E-state index in [2.05, 4.69) is 60.7 Å². The lowest BCUT2D eigenvalue weighted by atomic mass is 9.79. The second-order valence-electron chi connectivity index (χ2n) is 37.1. The van der Waals surface area contributed by atoms with E-state index in [1.54, 1.807) is 18.2 Å². The first kappa shape index (κ1) is 114. The van der Waals surface area contributed by atoms with Crippen LogP contribution in [0.4, 0.5) is 0 Å². The van der Waals surface area contributed by atoms with Gasteiger partial charge in [-0.2, -0.15) is 0 Å². The number of phenols is 13. The third-order valence-corrected chi connectivity index (χ3v) is 26.1. The van der Waals surface area contributed by atoms with Gasteiger partial charge in [0.2, 0.25) is 0 Å². The third-order valence-electron chi connectivity index (χ3n) is 26.1. The molecule has 17 heteroatoms. The van der Waals surface area contributed by atoms with Gasteiger partial charge < -0.3 is 86.8 Å². The van der Waals surface area contributed by atoms with Crippen molar-refractivity contribution in [2.45, 2.75) is 203 Å². The van der Waals surface area contributed by atoms with Crippen LogP contribution in [0.3, 0.4) is 0 Å². The number of phenolic OH excluding ortho intramolecular Hbond substituents is 13. The molecule has 0 radical (unpaired) electrons. The molecule has 0 aromatic heterocycles. The summed E-state index contributed by atoms with van der Waals surface area (Å²) in [7, 11) is 4.00. The highest BCUT2D eigenvalue weighted by Crippen LogP contribution is 2.48. The Hall–Kier alpha value is -14.5. The molecule has 15 rings (SSSR count). The minimum Gasteiger partial charge on any atom is -0.508 e. The van der Waals surface area contributed by atoms with Crippen molar-refractivity contribution in [3.63, 3.8) is 0 Å². The summed E-state index contributed by atoms with van der Waals surface area (Å²) in [5, 5.41) is 161. The Morgan fingerprint density at radius 2 is 0.291 bits per heavy atom. The Bertz CT molecular complexity index is 6330. The summed E-state index contributed by atoms with van der Waals surface area (Å²) in [5.41, 5.74) is 38.2. The number of hydrogen-bond acceptors (Lipinski definition) is 17. The molecule has 17 N–H and O–H groups in total. The fraction of sp³-hybridized carbons (Fsp3) is 0.274. The maximum absolute atomic E-state index is 10.7. The maximum atomic E-state index is 10.7. The summed E-state index contributed by atoms with van der Waals surface area (Å²) >= 11 is 0. The highest BCUT2D eigenvalue weighted by atomic mass is 16.3. The zero-order valence-electron chi connectivity index (χ0n) is 87.4. The van der Waals surface area contributed by atoms with Gasteiger partial charge in [-0.1, -0.05) is 194 Å². The van der Waals surface area contributed by atoms with E-state index >= 15 is 0 Å². The summed E-state index contributed by atoms with van der Waals surface area (Å²) in [6, 6.07) is 74.1. The van der Waals surface area contributed by atoms with E-state index in [1.165, 1.54) is 22.3 Å². The van der Waals surface area contributed by atoms with E-state index in [9.17, 15) is 66.4 Å². The van der Waals surface area contributed by atoms with Crippen LogP contribution in [0, 0.1) is 173 Å². The van der Waals surface area contributed by atoms with Crippen LogP contribution in [-0.4, -0.2) is 115 Å². The largest absolute Gasteiger partial charge is 0.508 e. The van der Waals surface area contributed by atoms with Gasteiger partial charge in [0, 0.05) is 63.6 Å². The van der Waals surface area contributed by atoms with Gasteiger partial charge in [0.25, 0.3) is 0 Å². The molecule has 744 valence electrons. The van der Waals surface area contributed by atoms with Gasteiger partial charge in [0.05, 0.1) is 0 Å². The molecule has 0 aliphatic heterocycles. The minimum absolute atomic E-state index is 0.0530. The number of aliphatic hydroxyl groups is 4. The quantitative estimate of drug-likeness (QED) is 0.0424. The number of benzene rings is 15. The fourth-order valence-corrected chi connectivity index (χ4v) is 18.7. The van der Waals surface area contributed by atoms with E-state index in [-0.39, 0.29) is 46.8 Å². The molecule has 141 heavy (non-hydrogen) atoms. The smallest absolute Gasteiger partial charge is 0.121 e. The predicted octanol–water partition coefficient (Wildman–Crippen LogP) is 26.7. The molecule has 0 aliphatic carbocycles. The van der Waals surface area contributed by atoms with Crippen molar-refractivity contribution in [1.29, 1.82) is 0 Å². The molecule has 0 heterocycles. The number of rotatable bonds is 15. The van der Waals surface area contributed by atoms with Crippen molar-refractivity contribution in [3.05, 3.63) is 447 Å². The first-order chi connectivity index (χ1) is 66.6. The highest BCUT2D eigenvalue weighted by Gasteiger charge is 2.30. The molecular weight excluding hydrogens is 1760 g/mol. The van der Waals surface area contributed by atoms with E-state index < -0.39 is 0 Å². The van der Waals surface area contributed by atoms with E-state index in [1.807, 2.05) is 319 Å². The van der Waals surface area contributed by atoms with Gasteiger partial charge >= 0.3 is 0 Å². The Morgan fingerprint density at radius 3 is 0.482 bits per heavy atom. The van der Waals surface area contributed by atoms with Gasteiger partial charge in [-0.25, -0.2) is 0 Å². The second-order valence-corrected chi connectivity index (χ2v) is 37.1. The lowest BCUT2D eigenvalue weighted by Crippen LogP contribution is -2.09. The number of aromatic hydroxyl groups is 13. The molecule has 15 aromatic carbocycles. The molecule has 0 spiro atoms. The average Bonchev–Trinajstić information content (AvgIpc) is 0.770. The van der Waals surface area contributed by atoms with Crippen molar-refractivity contribution >= 4 is 0 Å². The van der Waals surface area contributed by atoms with Crippen molar-refractivity contribution in [3.8, 4) is 74.7 Å². The molecule has 15 aromatic rings. The zero-order valence-corrected chi connectivity index (χ0v) is 87.4. The van der Waals surface area contributed by atoms with Crippen LogP contribution in [0.2, 0.25) is 0 Å². The summed E-state index contributed by atoms with van der Waals surface area (Å²) in [4.78, 5) is 0. The van der Waals surface area contributed by atoms with Gasteiger partial charge in [-0.15, -0.1) is 0 Å². The number of aryl methyl sites for hydroxylation is 25.